The van der Waals surface area contributed by atoms with E-state index in [1.54, 1.807) is 4.90 Å². The highest BCUT2D eigenvalue weighted by Gasteiger charge is 2.24. The fraction of sp³-hybridized carbons (Fsp3) is 0.846. The van der Waals surface area contributed by atoms with Gasteiger partial charge in [-0.2, -0.15) is 0 Å². The molecule has 106 valence electrons. The quantitative estimate of drug-likeness (QED) is 0.628. The molecular formula is C13H25NO4. The van der Waals surface area contributed by atoms with E-state index < -0.39 is 18.0 Å². The summed E-state index contributed by atoms with van der Waals surface area (Å²) in [6.45, 7) is 7.03. The van der Waals surface area contributed by atoms with E-state index in [1.165, 1.54) is 0 Å². The summed E-state index contributed by atoms with van der Waals surface area (Å²) >= 11 is 0. The standard InChI is InChI=1S/C13H25NO4/c1-4-5-11(13(17)18)14(8-6-10(2)3)9-7-12(15)16/h10-11H,4-9H2,1-3H3,(H,15,16)(H,17,18). The highest BCUT2D eigenvalue weighted by atomic mass is 16.4. The van der Waals surface area contributed by atoms with Crippen molar-refractivity contribution < 1.29 is 19.8 Å². The van der Waals surface area contributed by atoms with Crippen molar-refractivity contribution in [2.75, 3.05) is 13.1 Å². The zero-order chi connectivity index (χ0) is 14.1. The van der Waals surface area contributed by atoms with E-state index in [1.807, 2.05) is 6.92 Å². The highest BCUT2D eigenvalue weighted by molar-refractivity contribution is 5.73. The molecule has 0 spiro atoms. The van der Waals surface area contributed by atoms with Crippen molar-refractivity contribution in [3.63, 3.8) is 0 Å². The van der Waals surface area contributed by atoms with Crippen LogP contribution >= 0.6 is 0 Å². The van der Waals surface area contributed by atoms with Crippen molar-refractivity contribution in [1.29, 1.82) is 0 Å². The van der Waals surface area contributed by atoms with Crippen molar-refractivity contribution in [3.05, 3.63) is 0 Å². The molecule has 0 aromatic carbocycles. The average Bonchev–Trinajstić information content (AvgIpc) is 2.26. The Labute approximate surface area is 109 Å². The van der Waals surface area contributed by atoms with Gasteiger partial charge in [0.25, 0.3) is 0 Å². The molecule has 0 aromatic rings. The van der Waals surface area contributed by atoms with Gasteiger partial charge in [0.05, 0.1) is 6.42 Å². The second-order valence-corrected chi connectivity index (χ2v) is 5.00. The largest absolute Gasteiger partial charge is 0.481 e. The lowest BCUT2D eigenvalue weighted by Gasteiger charge is -2.28. The van der Waals surface area contributed by atoms with Crippen molar-refractivity contribution in [1.82, 2.24) is 4.90 Å². The van der Waals surface area contributed by atoms with Crippen LogP contribution in [-0.2, 0) is 9.59 Å². The highest BCUT2D eigenvalue weighted by Crippen LogP contribution is 2.12. The lowest BCUT2D eigenvalue weighted by molar-refractivity contribution is -0.145. The van der Waals surface area contributed by atoms with Crippen LogP contribution in [0.2, 0.25) is 0 Å². The summed E-state index contributed by atoms with van der Waals surface area (Å²) in [7, 11) is 0. The molecule has 0 aliphatic rings. The summed E-state index contributed by atoms with van der Waals surface area (Å²) in [5.74, 6) is -1.26. The summed E-state index contributed by atoms with van der Waals surface area (Å²) in [6, 6.07) is -0.562. The minimum atomic E-state index is -0.884. The lowest BCUT2D eigenvalue weighted by Crippen LogP contribution is -2.43. The Bertz CT molecular complexity index is 266. The fourth-order valence-corrected chi connectivity index (χ4v) is 1.82. The average molecular weight is 259 g/mol. The van der Waals surface area contributed by atoms with E-state index in [9.17, 15) is 14.7 Å². The normalized spacial score (nSPS) is 12.9. The first-order chi connectivity index (χ1) is 8.38. The first-order valence-electron chi connectivity index (χ1n) is 6.57. The Morgan fingerprint density at radius 3 is 2.11 bits per heavy atom. The summed E-state index contributed by atoms with van der Waals surface area (Å²) in [4.78, 5) is 23.6. The monoisotopic (exact) mass is 259 g/mol. The third-order valence-electron chi connectivity index (χ3n) is 2.89. The molecule has 5 nitrogen and oxygen atoms in total. The number of aliphatic carboxylic acids is 2. The molecule has 0 saturated carbocycles. The van der Waals surface area contributed by atoms with Crippen LogP contribution in [0.15, 0.2) is 0 Å². The number of nitrogens with zero attached hydrogens (tertiary/aromatic N) is 1. The maximum absolute atomic E-state index is 11.2. The topological polar surface area (TPSA) is 77.8 Å². The Morgan fingerprint density at radius 1 is 1.11 bits per heavy atom. The van der Waals surface area contributed by atoms with Crippen molar-refractivity contribution >= 4 is 11.9 Å². The zero-order valence-corrected chi connectivity index (χ0v) is 11.6. The van der Waals surface area contributed by atoms with Gasteiger partial charge in [0.15, 0.2) is 0 Å². The molecule has 2 N–H and O–H groups in total. The van der Waals surface area contributed by atoms with E-state index >= 15 is 0 Å². The SMILES string of the molecule is CCCC(C(=O)O)N(CCC(=O)O)CCC(C)C. The maximum atomic E-state index is 11.2. The molecule has 0 aromatic heterocycles. The Kier molecular flexibility index (Phi) is 8.37. The summed E-state index contributed by atoms with van der Waals surface area (Å²) in [5, 5.41) is 17.9. The van der Waals surface area contributed by atoms with E-state index in [2.05, 4.69) is 13.8 Å². The van der Waals surface area contributed by atoms with Gasteiger partial charge in [0.2, 0.25) is 0 Å². The molecule has 0 aliphatic carbocycles. The van der Waals surface area contributed by atoms with Crippen LogP contribution in [0.4, 0.5) is 0 Å². The van der Waals surface area contributed by atoms with Gasteiger partial charge in [-0.3, -0.25) is 14.5 Å². The first-order valence-corrected chi connectivity index (χ1v) is 6.57. The molecule has 1 unspecified atom stereocenters. The van der Waals surface area contributed by atoms with Crippen molar-refractivity contribution in [2.24, 2.45) is 5.92 Å². The molecule has 18 heavy (non-hydrogen) atoms. The first kappa shape index (κ1) is 16.9. The molecule has 0 rings (SSSR count). The third-order valence-corrected chi connectivity index (χ3v) is 2.89. The molecule has 0 radical (unpaired) electrons. The minimum absolute atomic E-state index is 0.00834. The summed E-state index contributed by atoms with van der Waals surface area (Å²) in [6.07, 6.45) is 2.22. The summed E-state index contributed by atoms with van der Waals surface area (Å²) < 4.78 is 0. The lowest BCUT2D eigenvalue weighted by atomic mass is 10.1. The molecule has 0 saturated heterocycles. The number of carboxylic acid groups (broad SMARTS) is 2. The van der Waals surface area contributed by atoms with Crippen molar-refractivity contribution in [2.45, 2.75) is 52.5 Å². The van der Waals surface area contributed by atoms with Gasteiger partial charge in [-0.1, -0.05) is 27.2 Å². The molecule has 5 heteroatoms. The number of carbonyl (C=O) groups is 2. The van der Waals surface area contributed by atoms with Gasteiger partial charge in [0.1, 0.15) is 6.04 Å². The predicted molar refractivity (Wildman–Crippen MR) is 69.6 cm³/mol. The third kappa shape index (κ3) is 7.27. The maximum Gasteiger partial charge on any atom is 0.320 e. The second kappa shape index (κ2) is 8.91. The molecule has 0 bridgehead atoms. The smallest absolute Gasteiger partial charge is 0.320 e. The van der Waals surface area contributed by atoms with Gasteiger partial charge in [-0.05, 0) is 25.3 Å². The van der Waals surface area contributed by atoms with E-state index in [4.69, 9.17) is 5.11 Å². The molecular weight excluding hydrogens is 234 g/mol. The van der Waals surface area contributed by atoms with E-state index in [-0.39, 0.29) is 6.42 Å². The fourth-order valence-electron chi connectivity index (χ4n) is 1.82. The van der Waals surface area contributed by atoms with Crippen LogP contribution < -0.4 is 0 Å². The van der Waals surface area contributed by atoms with Gasteiger partial charge in [-0.25, -0.2) is 0 Å². The van der Waals surface area contributed by atoms with Gasteiger partial charge < -0.3 is 10.2 Å². The number of hydrogen-bond donors (Lipinski definition) is 2. The van der Waals surface area contributed by atoms with Gasteiger partial charge >= 0.3 is 11.9 Å². The second-order valence-electron chi connectivity index (χ2n) is 5.00. The Hall–Kier alpha value is -1.10. The number of carboxylic acids is 2. The zero-order valence-electron chi connectivity index (χ0n) is 11.6. The molecule has 0 heterocycles. The number of hydrogen-bond acceptors (Lipinski definition) is 3. The van der Waals surface area contributed by atoms with Crippen molar-refractivity contribution in [3.8, 4) is 0 Å². The summed E-state index contributed by atoms with van der Waals surface area (Å²) in [5.41, 5.74) is 0. The van der Waals surface area contributed by atoms with Crippen LogP contribution in [0.25, 0.3) is 0 Å². The van der Waals surface area contributed by atoms with E-state index in [0.29, 0.717) is 25.4 Å². The molecule has 0 aliphatic heterocycles. The number of rotatable bonds is 10. The van der Waals surface area contributed by atoms with E-state index in [0.717, 1.165) is 12.8 Å². The molecule has 0 amide bonds. The van der Waals surface area contributed by atoms with Crippen LogP contribution in [0, 0.1) is 5.92 Å². The van der Waals surface area contributed by atoms with Gasteiger partial charge in [0, 0.05) is 6.54 Å². The Morgan fingerprint density at radius 2 is 1.72 bits per heavy atom. The van der Waals surface area contributed by atoms with Crippen LogP contribution in [-0.4, -0.2) is 46.2 Å². The Balaban J connectivity index is 4.56. The predicted octanol–water partition coefficient (Wildman–Crippen LogP) is 2.06. The molecule has 0 fully saturated rings. The van der Waals surface area contributed by atoms with Crippen LogP contribution in [0.3, 0.4) is 0 Å². The van der Waals surface area contributed by atoms with Crippen LogP contribution in [0.1, 0.15) is 46.5 Å². The van der Waals surface area contributed by atoms with Gasteiger partial charge in [-0.15, -0.1) is 0 Å². The molecule has 1 atom stereocenters. The minimum Gasteiger partial charge on any atom is -0.481 e. The van der Waals surface area contributed by atoms with Crippen LogP contribution in [0.5, 0.6) is 0 Å².